The second kappa shape index (κ2) is 5.32. The molecule has 0 atom stereocenters. The Morgan fingerprint density at radius 2 is 1.94 bits per heavy atom. The summed E-state index contributed by atoms with van der Waals surface area (Å²) in [5.74, 6) is 0.0196. The number of aryl methyl sites for hydroxylation is 2. The number of benzene rings is 1. The van der Waals surface area contributed by atoms with Crippen molar-refractivity contribution in [1.82, 2.24) is 0 Å². The van der Waals surface area contributed by atoms with E-state index >= 15 is 0 Å². The van der Waals surface area contributed by atoms with Crippen molar-refractivity contribution >= 4 is 11.6 Å². The highest BCUT2D eigenvalue weighted by Crippen LogP contribution is 2.23. The number of carbonyl (C=O) groups is 1. The van der Waals surface area contributed by atoms with E-state index in [9.17, 15) is 4.79 Å². The van der Waals surface area contributed by atoms with Gasteiger partial charge in [-0.3, -0.25) is 4.79 Å². The molecule has 0 spiro atoms. The standard InChI is InChI=1S/C14H22N2O/c1-10-5-6-12(9-11(10)2)16-13(17)14(3,4)7-8-15/h5-6,9H,7-8,15H2,1-4H3,(H,16,17). The van der Waals surface area contributed by atoms with Gasteiger partial charge in [0.15, 0.2) is 0 Å². The molecule has 0 aliphatic rings. The van der Waals surface area contributed by atoms with Crippen LogP contribution in [0.25, 0.3) is 0 Å². The second-order valence-electron chi connectivity index (χ2n) is 5.18. The Labute approximate surface area is 103 Å². The molecule has 0 aliphatic carbocycles. The SMILES string of the molecule is Cc1ccc(NC(=O)C(C)(C)CCN)cc1C. The number of anilines is 1. The summed E-state index contributed by atoms with van der Waals surface area (Å²) in [6, 6.07) is 5.94. The fourth-order valence-electron chi connectivity index (χ4n) is 1.59. The summed E-state index contributed by atoms with van der Waals surface area (Å²) in [4.78, 5) is 12.1. The summed E-state index contributed by atoms with van der Waals surface area (Å²) in [7, 11) is 0. The monoisotopic (exact) mass is 234 g/mol. The van der Waals surface area contributed by atoms with Crippen molar-refractivity contribution in [3.8, 4) is 0 Å². The maximum absolute atomic E-state index is 12.1. The topological polar surface area (TPSA) is 55.1 Å². The highest BCUT2D eigenvalue weighted by Gasteiger charge is 2.26. The van der Waals surface area contributed by atoms with Crippen LogP contribution in [0.4, 0.5) is 5.69 Å². The third-order valence-corrected chi connectivity index (χ3v) is 3.15. The molecule has 1 aromatic carbocycles. The summed E-state index contributed by atoms with van der Waals surface area (Å²) in [5, 5.41) is 2.94. The van der Waals surface area contributed by atoms with Crippen LogP contribution >= 0.6 is 0 Å². The van der Waals surface area contributed by atoms with E-state index in [0.29, 0.717) is 13.0 Å². The predicted molar refractivity (Wildman–Crippen MR) is 72.0 cm³/mol. The van der Waals surface area contributed by atoms with Crippen molar-refractivity contribution < 1.29 is 4.79 Å². The van der Waals surface area contributed by atoms with Crippen LogP contribution in [-0.4, -0.2) is 12.5 Å². The molecular formula is C14H22N2O. The van der Waals surface area contributed by atoms with Gasteiger partial charge < -0.3 is 11.1 Å². The van der Waals surface area contributed by atoms with E-state index in [2.05, 4.69) is 12.2 Å². The first kappa shape index (κ1) is 13.7. The van der Waals surface area contributed by atoms with Crippen LogP contribution < -0.4 is 11.1 Å². The number of hydrogen-bond donors (Lipinski definition) is 2. The number of nitrogens with one attached hydrogen (secondary N) is 1. The van der Waals surface area contributed by atoms with Crippen LogP contribution in [-0.2, 0) is 4.79 Å². The number of amides is 1. The van der Waals surface area contributed by atoms with Crippen LogP contribution in [0.15, 0.2) is 18.2 Å². The van der Waals surface area contributed by atoms with Crippen LogP contribution in [0.3, 0.4) is 0 Å². The molecule has 3 N–H and O–H groups in total. The van der Waals surface area contributed by atoms with Gasteiger partial charge in [-0.2, -0.15) is 0 Å². The van der Waals surface area contributed by atoms with E-state index in [0.717, 1.165) is 5.69 Å². The molecule has 94 valence electrons. The molecule has 1 aromatic rings. The van der Waals surface area contributed by atoms with Crippen molar-refractivity contribution in [2.75, 3.05) is 11.9 Å². The third-order valence-electron chi connectivity index (χ3n) is 3.15. The van der Waals surface area contributed by atoms with Crippen molar-refractivity contribution in [2.24, 2.45) is 11.1 Å². The van der Waals surface area contributed by atoms with Crippen molar-refractivity contribution in [2.45, 2.75) is 34.1 Å². The van der Waals surface area contributed by atoms with Gasteiger partial charge in [0.2, 0.25) is 5.91 Å². The Morgan fingerprint density at radius 1 is 1.29 bits per heavy atom. The largest absolute Gasteiger partial charge is 0.330 e. The Morgan fingerprint density at radius 3 is 2.47 bits per heavy atom. The molecule has 0 aliphatic heterocycles. The van der Waals surface area contributed by atoms with E-state index in [1.54, 1.807) is 0 Å². The van der Waals surface area contributed by atoms with Gasteiger partial charge in [0.1, 0.15) is 0 Å². The molecule has 0 bridgehead atoms. The minimum Gasteiger partial charge on any atom is -0.330 e. The minimum absolute atomic E-state index is 0.0196. The van der Waals surface area contributed by atoms with Crippen molar-refractivity contribution in [3.05, 3.63) is 29.3 Å². The summed E-state index contributed by atoms with van der Waals surface area (Å²) >= 11 is 0. The molecule has 3 nitrogen and oxygen atoms in total. The van der Waals surface area contributed by atoms with E-state index in [1.165, 1.54) is 11.1 Å². The maximum atomic E-state index is 12.1. The van der Waals surface area contributed by atoms with Gasteiger partial charge in [0, 0.05) is 11.1 Å². The van der Waals surface area contributed by atoms with Crippen molar-refractivity contribution in [3.63, 3.8) is 0 Å². The Balaban J connectivity index is 2.77. The zero-order chi connectivity index (χ0) is 13.1. The molecule has 3 heteroatoms. The van der Waals surface area contributed by atoms with Gasteiger partial charge in [-0.25, -0.2) is 0 Å². The zero-order valence-electron chi connectivity index (χ0n) is 11.1. The first-order valence-electron chi connectivity index (χ1n) is 5.95. The lowest BCUT2D eigenvalue weighted by molar-refractivity contribution is -0.124. The number of hydrogen-bond acceptors (Lipinski definition) is 2. The van der Waals surface area contributed by atoms with Gasteiger partial charge in [-0.1, -0.05) is 19.9 Å². The van der Waals surface area contributed by atoms with Crippen LogP contribution in [0, 0.1) is 19.3 Å². The molecule has 0 saturated heterocycles. The van der Waals surface area contributed by atoms with E-state index in [-0.39, 0.29) is 5.91 Å². The number of carbonyl (C=O) groups excluding carboxylic acids is 1. The van der Waals surface area contributed by atoms with E-state index < -0.39 is 5.41 Å². The molecule has 0 fully saturated rings. The van der Waals surface area contributed by atoms with Crippen LogP contribution in [0.5, 0.6) is 0 Å². The first-order valence-corrected chi connectivity index (χ1v) is 5.95. The van der Waals surface area contributed by atoms with Gasteiger partial charge in [-0.15, -0.1) is 0 Å². The lowest BCUT2D eigenvalue weighted by Gasteiger charge is -2.22. The summed E-state index contributed by atoms with van der Waals surface area (Å²) < 4.78 is 0. The Kier molecular flexibility index (Phi) is 4.29. The van der Waals surface area contributed by atoms with Crippen LogP contribution in [0.1, 0.15) is 31.4 Å². The van der Waals surface area contributed by atoms with Crippen LogP contribution in [0.2, 0.25) is 0 Å². The Bertz CT molecular complexity index is 411. The number of rotatable bonds is 4. The maximum Gasteiger partial charge on any atom is 0.230 e. The highest BCUT2D eigenvalue weighted by molar-refractivity contribution is 5.94. The summed E-state index contributed by atoms with van der Waals surface area (Å²) in [6.45, 7) is 8.44. The fraction of sp³-hybridized carbons (Fsp3) is 0.500. The molecule has 0 saturated carbocycles. The first-order chi connectivity index (χ1) is 7.86. The summed E-state index contributed by atoms with van der Waals surface area (Å²) in [5.41, 5.74) is 8.34. The van der Waals surface area contributed by atoms with Gasteiger partial charge in [-0.05, 0) is 50.1 Å². The molecule has 0 heterocycles. The fourth-order valence-corrected chi connectivity index (χ4v) is 1.59. The molecular weight excluding hydrogens is 212 g/mol. The molecule has 0 unspecified atom stereocenters. The smallest absolute Gasteiger partial charge is 0.230 e. The van der Waals surface area contributed by atoms with E-state index in [1.807, 2.05) is 39.0 Å². The number of nitrogens with two attached hydrogens (primary N) is 1. The lowest BCUT2D eigenvalue weighted by Crippen LogP contribution is -2.32. The minimum atomic E-state index is -0.423. The third kappa shape index (κ3) is 3.56. The normalized spacial score (nSPS) is 11.4. The molecule has 1 rings (SSSR count). The van der Waals surface area contributed by atoms with Gasteiger partial charge in [0.05, 0.1) is 0 Å². The molecule has 1 amide bonds. The zero-order valence-corrected chi connectivity index (χ0v) is 11.1. The molecule has 0 aromatic heterocycles. The molecule has 0 radical (unpaired) electrons. The van der Waals surface area contributed by atoms with E-state index in [4.69, 9.17) is 5.73 Å². The average molecular weight is 234 g/mol. The quantitative estimate of drug-likeness (QED) is 0.841. The highest BCUT2D eigenvalue weighted by atomic mass is 16.2. The second-order valence-corrected chi connectivity index (χ2v) is 5.18. The van der Waals surface area contributed by atoms with Crippen molar-refractivity contribution in [1.29, 1.82) is 0 Å². The average Bonchev–Trinajstić information content (AvgIpc) is 2.23. The van der Waals surface area contributed by atoms with Gasteiger partial charge >= 0.3 is 0 Å². The lowest BCUT2D eigenvalue weighted by atomic mass is 9.88. The summed E-state index contributed by atoms with van der Waals surface area (Å²) in [6.07, 6.45) is 0.684. The predicted octanol–water partition coefficient (Wildman–Crippen LogP) is 2.62. The molecule has 17 heavy (non-hydrogen) atoms. The Hall–Kier alpha value is -1.35. The van der Waals surface area contributed by atoms with Gasteiger partial charge in [0.25, 0.3) is 0 Å².